The van der Waals surface area contributed by atoms with Crippen molar-refractivity contribution in [2.24, 2.45) is 17.3 Å². The molecular formula is C47H53N9O6. The van der Waals surface area contributed by atoms with Gasteiger partial charge in [0.2, 0.25) is 11.8 Å². The molecule has 322 valence electrons. The molecule has 2 aromatic heterocycles. The molecule has 62 heavy (non-hydrogen) atoms. The van der Waals surface area contributed by atoms with Crippen LogP contribution in [0.3, 0.4) is 0 Å². The Balaban J connectivity index is 1.04. The number of fused-ring (bicyclic) bond motifs is 1. The Hall–Kier alpha value is -6.95. The molecular weight excluding hydrogens is 787 g/mol. The number of nitriles is 1. The van der Waals surface area contributed by atoms with E-state index >= 15 is 0 Å². The number of imidazole rings is 2. The zero-order valence-corrected chi connectivity index (χ0v) is 35.7. The van der Waals surface area contributed by atoms with Crippen molar-refractivity contribution in [1.82, 2.24) is 40.4 Å². The van der Waals surface area contributed by atoms with Crippen LogP contribution in [0.5, 0.6) is 0 Å². The summed E-state index contributed by atoms with van der Waals surface area (Å²) in [7, 11) is 2.53. The predicted octanol–water partition coefficient (Wildman–Crippen LogP) is 7.51. The highest BCUT2D eigenvalue weighted by Crippen LogP contribution is 2.47. The van der Waals surface area contributed by atoms with Gasteiger partial charge in [0.25, 0.3) is 0 Å². The Morgan fingerprint density at radius 3 is 2.16 bits per heavy atom. The molecule has 5 aromatic rings. The van der Waals surface area contributed by atoms with Gasteiger partial charge < -0.3 is 39.9 Å². The summed E-state index contributed by atoms with van der Waals surface area (Å²) in [6.07, 6.45) is 6.82. The Morgan fingerprint density at radius 2 is 1.53 bits per heavy atom. The van der Waals surface area contributed by atoms with Gasteiger partial charge in [-0.2, -0.15) is 5.26 Å². The summed E-state index contributed by atoms with van der Waals surface area (Å²) in [5, 5.41) is 17.1. The number of alkyl carbamates (subject to hydrolysis) is 2. The van der Waals surface area contributed by atoms with Crippen LogP contribution in [0.15, 0.2) is 85.7 Å². The number of hydrogen-bond acceptors (Lipinski definition) is 9. The number of H-pyrrole nitrogens is 2. The quantitative estimate of drug-likeness (QED) is 0.0771. The fourth-order valence-corrected chi connectivity index (χ4v) is 8.11. The number of carbonyl (C=O) groups excluding carboxylic acids is 4. The smallest absolute Gasteiger partial charge is 0.407 e. The van der Waals surface area contributed by atoms with Crippen molar-refractivity contribution < 1.29 is 28.7 Å². The highest BCUT2D eigenvalue weighted by Gasteiger charge is 2.44. The second kappa shape index (κ2) is 18.3. The van der Waals surface area contributed by atoms with Crippen LogP contribution in [0, 0.1) is 28.6 Å². The van der Waals surface area contributed by atoms with E-state index in [1.54, 1.807) is 22.2 Å². The minimum atomic E-state index is -0.780. The fourth-order valence-electron chi connectivity index (χ4n) is 8.11. The first-order valence-electron chi connectivity index (χ1n) is 20.9. The van der Waals surface area contributed by atoms with E-state index in [0.717, 1.165) is 57.3 Å². The third-order valence-electron chi connectivity index (χ3n) is 12.0. The average Bonchev–Trinajstić information content (AvgIpc) is 3.62. The first-order chi connectivity index (χ1) is 29.9. The molecule has 3 aromatic carbocycles. The predicted molar refractivity (Wildman–Crippen MR) is 234 cm³/mol. The van der Waals surface area contributed by atoms with Gasteiger partial charge in [0, 0.05) is 24.1 Å². The third-order valence-corrected chi connectivity index (χ3v) is 12.0. The third kappa shape index (κ3) is 9.34. The summed E-state index contributed by atoms with van der Waals surface area (Å²) < 4.78 is 9.51. The molecule has 0 radical (unpaired) electrons. The number of ether oxygens (including phenoxy) is 2. The van der Waals surface area contributed by atoms with Gasteiger partial charge in [0.05, 0.1) is 62.6 Å². The number of methoxy groups -OCH3 is 2. The molecule has 4 atom stereocenters. The molecule has 0 spiro atoms. The molecule has 4 N–H and O–H groups in total. The van der Waals surface area contributed by atoms with Crippen molar-refractivity contribution in [1.29, 1.82) is 5.26 Å². The molecule has 0 unspecified atom stereocenters. The highest BCUT2D eigenvalue weighted by atomic mass is 16.5. The van der Waals surface area contributed by atoms with Crippen LogP contribution in [-0.2, 0) is 25.6 Å². The number of aromatic nitrogens is 4. The van der Waals surface area contributed by atoms with Crippen LogP contribution >= 0.6 is 0 Å². The summed E-state index contributed by atoms with van der Waals surface area (Å²) in [6.45, 7) is 10.6. The van der Waals surface area contributed by atoms with Crippen LogP contribution in [-0.4, -0.2) is 93.1 Å². The van der Waals surface area contributed by atoms with E-state index in [2.05, 4.69) is 85.7 Å². The molecule has 1 saturated heterocycles. The van der Waals surface area contributed by atoms with Crippen molar-refractivity contribution in [3.05, 3.63) is 97.4 Å². The minimum absolute atomic E-state index is 0.138. The minimum Gasteiger partial charge on any atom is -0.453 e. The maximum Gasteiger partial charge on any atom is 0.407 e. The SMILES string of the molecule is C=CC1(CN(Cc2ncc(-c3ccc(-c4ccc5cc(-c6cnc([C@@H]7C[C@H](C#N)CN7C(=O)[C@H](CC)NC(=O)OC)[nH]6)ccc5c4)cc3)[nH]2)C(=O)[C@@H](NC(=O)OC)C(C)C)CC1. The van der Waals surface area contributed by atoms with Crippen LogP contribution < -0.4 is 10.6 Å². The molecule has 2 fully saturated rings. The van der Waals surface area contributed by atoms with Gasteiger partial charge in [-0.1, -0.05) is 75.4 Å². The van der Waals surface area contributed by atoms with Crippen molar-refractivity contribution in [2.75, 3.05) is 27.3 Å². The number of likely N-dealkylation sites (tertiary alicyclic amines) is 1. The van der Waals surface area contributed by atoms with E-state index in [-0.39, 0.29) is 42.2 Å². The van der Waals surface area contributed by atoms with Gasteiger partial charge in [-0.25, -0.2) is 19.6 Å². The van der Waals surface area contributed by atoms with Gasteiger partial charge in [-0.05, 0) is 71.2 Å². The number of rotatable bonds is 15. The largest absolute Gasteiger partial charge is 0.453 e. The molecule has 1 saturated carbocycles. The average molecular weight is 840 g/mol. The van der Waals surface area contributed by atoms with E-state index in [1.807, 2.05) is 45.0 Å². The van der Waals surface area contributed by atoms with Crippen molar-refractivity contribution in [2.45, 2.75) is 71.1 Å². The maximum atomic E-state index is 13.9. The van der Waals surface area contributed by atoms with Crippen LogP contribution in [0.1, 0.15) is 64.1 Å². The normalized spacial score (nSPS) is 17.5. The Morgan fingerprint density at radius 1 is 0.919 bits per heavy atom. The van der Waals surface area contributed by atoms with E-state index < -0.39 is 30.3 Å². The van der Waals surface area contributed by atoms with E-state index in [1.165, 1.54) is 14.2 Å². The fraction of sp³-hybridized carbons (Fsp3) is 0.383. The highest BCUT2D eigenvalue weighted by molar-refractivity contribution is 5.91. The van der Waals surface area contributed by atoms with Crippen molar-refractivity contribution in [3.8, 4) is 39.7 Å². The molecule has 15 nitrogen and oxygen atoms in total. The van der Waals surface area contributed by atoms with E-state index in [4.69, 9.17) is 9.47 Å². The molecule has 4 amide bonds. The Labute approximate surface area is 360 Å². The number of benzene rings is 3. The number of amides is 4. The first kappa shape index (κ1) is 43.1. The van der Waals surface area contributed by atoms with Crippen LogP contribution in [0.25, 0.3) is 44.4 Å². The molecule has 1 aliphatic heterocycles. The Kier molecular flexibility index (Phi) is 12.8. The monoisotopic (exact) mass is 839 g/mol. The summed E-state index contributed by atoms with van der Waals surface area (Å²) in [6, 6.07) is 21.1. The molecule has 3 heterocycles. The lowest BCUT2D eigenvalue weighted by molar-refractivity contribution is -0.136. The van der Waals surface area contributed by atoms with Gasteiger partial charge in [0.15, 0.2) is 0 Å². The lowest BCUT2D eigenvalue weighted by Gasteiger charge is -2.31. The number of carbonyl (C=O) groups is 4. The molecule has 2 aliphatic rings. The van der Waals surface area contributed by atoms with Gasteiger partial charge >= 0.3 is 12.2 Å². The summed E-state index contributed by atoms with van der Waals surface area (Å²) >= 11 is 0. The zero-order valence-electron chi connectivity index (χ0n) is 35.7. The molecule has 0 bridgehead atoms. The number of nitrogens with one attached hydrogen (secondary N) is 4. The van der Waals surface area contributed by atoms with Gasteiger partial charge in [-0.15, -0.1) is 6.58 Å². The lowest BCUT2D eigenvalue weighted by atomic mass is 9.98. The summed E-state index contributed by atoms with van der Waals surface area (Å²) in [5.74, 6) is 0.230. The number of hydrogen-bond donors (Lipinski definition) is 4. The van der Waals surface area contributed by atoms with E-state index in [0.29, 0.717) is 31.0 Å². The standard InChI is InChI=1S/C47H53N9O6/c1-7-36(53-45(59)61-5)43(57)56-25-29(22-48)19-39(56)42-50-24-38(52-42)35-16-15-33-20-32(13-14-34(33)21-35)30-9-11-31(12-10-30)37-23-49-40(51-37)26-55(27-47(8-2)17-18-47)44(58)41(28(3)4)54-46(60)62-6/h8-16,20-21,23-24,28-29,36,39,41H,2,7,17-19,25-27H2,1,3-6H3,(H,49,51)(H,50,52)(H,53,59)(H,54,60)/t29-,36+,39+,41+/m1/s1. The maximum absolute atomic E-state index is 13.9. The van der Waals surface area contributed by atoms with Crippen LogP contribution in [0.2, 0.25) is 0 Å². The molecule has 1 aliphatic carbocycles. The second-order valence-electron chi connectivity index (χ2n) is 16.6. The Bertz CT molecular complexity index is 2500. The number of aromatic amines is 2. The topological polar surface area (TPSA) is 198 Å². The molecule has 15 heteroatoms. The first-order valence-corrected chi connectivity index (χ1v) is 20.9. The summed E-state index contributed by atoms with van der Waals surface area (Å²) in [5.41, 5.74) is 5.45. The second-order valence-corrected chi connectivity index (χ2v) is 16.6. The van der Waals surface area contributed by atoms with Crippen molar-refractivity contribution in [3.63, 3.8) is 0 Å². The lowest BCUT2D eigenvalue weighted by Crippen LogP contribution is -2.52. The van der Waals surface area contributed by atoms with Crippen molar-refractivity contribution >= 4 is 34.8 Å². The van der Waals surface area contributed by atoms with E-state index in [9.17, 15) is 24.4 Å². The van der Waals surface area contributed by atoms with Crippen LogP contribution in [0.4, 0.5) is 9.59 Å². The zero-order chi connectivity index (χ0) is 44.1. The molecule has 7 rings (SSSR count). The van der Waals surface area contributed by atoms with Gasteiger partial charge in [-0.3, -0.25) is 9.59 Å². The van der Waals surface area contributed by atoms with Gasteiger partial charge in [0.1, 0.15) is 23.7 Å². The number of nitrogens with zero attached hydrogens (tertiary/aromatic N) is 5. The summed E-state index contributed by atoms with van der Waals surface area (Å²) in [4.78, 5) is 70.9.